The van der Waals surface area contributed by atoms with Crippen LogP contribution in [0.3, 0.4) is 0 Å². The minimum atomic E-state index is 0.832. The Labute approximate surface area is 125 Å². The van der Waals surface area contributed by atoms with Gasteiger partial charge < -0.3 is 0 Å². The average Bonchev–Trinajstić information content (AvgIpc) is 2.79. The summed E-state index contributed by atoms with van der Waals surface area (Å²) in [4.78, 5) is 0. The molecular formula is C20H30. The van der Waals surface area contributed by atoms with E-state index in [-0.39, 0.29) is 0 Å². The SMILES string of the molecule is CCC1CC2CC(C)CC(c3cc(C)cc(C)c3)C2C1. The Hall–Kier alpha value is -0.780. The molecule has 0 heteroatoms. The van der Waals surface area contributed by atoms with Crippen LogP contribution in [-0.2, 0) is 0 Å². The fraction of sp³-hybridized carbons (Fsp3) is 0.700. The first-order valence-electron chi connectivity index (χ1n) is 8.65. The van der Waals surface area contributed by atoms with E-state index in [1.54, 1.807) is 5.56 Å². The second-order valence-electron chi connectivity index (χ2n) is 7.77. The van der Waals surface area contributed by atoms with E-state index in [9.17, 15) is 0 Å². The number of hydrogen-bond donors (Lipinski definition) is 0. The summed E-state index contributed by atoms with van der Waals surface area (Å²) in [5.41, 5.74) is 4.53. The Kier molecular flexibility index (Phi) is 3.93. The van der Waals surface area contributed by atoms with Gasteiger partial charge in [-0.3, -0.25) is 0 Å². The van der Waals surface area contributed by atoms with Gasteiger partial charge in [0, 0.05) is 0 Å². The number of aryl methyl sites for hydroxylation is 2. The summed E-state index contributed by atoms with van der Waals surface area (Å²) >= 11 is 0. The number of benzene rings is 1. The maximum absolute atomic E-state index is 2.48. The standard InChI is InChI=1S/C20H30/c1-5-16-11-18-9-15(4)10-19(20(18)12-16)17-7-13(2)6-14(3)8-17/h6-8,15-16,18-20H,5,9-12H2,1-4H3. The van der Waals surface area contributed by atoms with E-state index in [1.807, 2.05) is 0 Å². The zero-order valence-electron chi connectivity index (χ0n) is 13.7. The Balaban J connectivity index is 1.90. The average molecular weight is 270 g/mol. The lowest BCUT2D eigenvalue weighted by atomic mass is 9.67. The van der Waals surface area contributed by atoms with E-state index in [0.29, 0.717) is 0 Å². The highest BCUT2D eigenvalue weighted by molar-refractivity contribution is 5.32. The van der Waals surface area contributed by atoms with Crippen LogP contribution in [0, 0.1) is 37.5 Å². The third kappa shape index (κ3) is 2.67. The molecule has 2 aliphatic rings. The molecule has 0 bridgehead atoms. The van der Waals surface area contributed by atoms with Crippen LogP contribution in [-0.4, -0.2) is 0 Å². The molecule has 0 saturated heterocycles. The molecule has 0 radical (unpaired) electrons. The van der Waals surface area contributed by atoms with Crippen LogP contribution in [0.25, 0.3) is 0 Å². The topological polar surface area (TPSA) is 0 Å². The quantitative estimate of drug-likeness (QED) is 0.630. The molecule has 0 aromatic heterocycles. The summed E-state index contributed by atoms with van der Waals surface area (Å²) in [7, 11) is 0. The predicted octanol–water partition coefficient (Wildman–Crippen LogP) is 5.87. The van der Waals surface area contributed by atoms with Gasteiger partial charge in [-0.2, -0.15) is 0 Å². The molecule has 2 saturated carbocycles. The molecule has 1 aromatic rings. The molecule has 110 valence electrons. The van der Waals surface area contributed by atoms with Crippen molar-refractivity contribution in [2.24, 2.45) is 23.7 Å². The molecule has 0 aliphatic heterocycles. The van der Waals surface area contributed by atoms with Gasteiger partial charge in [0.25, 0.3) is 0 Å². The van der Waals surface area contributed by atoms with Crippen molar-refractivity contribution in [1.29, 1.82) is 0 Å². The Bertz CT molecular complexity index is 453. The third-order valence-corrected chi connectivity index (χ3v) is 5.97. The zero-order chi connectivity index (χ0) is 14.3. The minimum absolute atomic E-state index is 0.832. The van der Waals surface area contributed by atoms with Crippen LogP contribution in [0.2, 0.25) is 0 Å². The van der Waals surface area contributed by atoms with Gasteiger partial charge in [0.1, 0.15) is 0 Å². The number of hydrogen-bond acceptors (Lipinski definition) is 0. The van der Waals surface area contributed by atoms with Gasteiger partial charge in [0.15, 0.2) is 0 Å². The van der Waals surface area contributed by atoms with Gasteiger partial charge in [-0.05, 0) is 74.7 Å². The van der Waals surface area contributed by atoms with Crippen molar-refractivity contribution in [1.82, 2.24) is 0 Å². The first-order chi connectivity index (χ1) is 9.56. The van der Waals surface area contributed by atoms with E-state index in [0.717, 1.165) is 29.6 Å². The first-order valence-corrected chi connectivity index (χ1v) is 8.65. The molecule has 0 nitrogen and oxygen atoms in total. The summed E-state index contributed by atoms with van der Waals surface area (Å²) in [5.74, 6) is 4.73. The molecule has 5 atom stereocenters. The number of fused-ring (bicyclic) bond motifs is 1. The van der Waals surface area contributed by atoms with E-state index >= 15 is 0 Å². The van der Waals surface area contributed by atoms with Crippen molar-refractivity contribution in [3.05, 3.63) is 34.9 Å². The Morgan fingerprint density at radius 3 is 2.30 bits per heavy atom. The highest BCUT2D eigenvalue weighted by atomic mass is 14.5. The first kappa shape index (κ1) is 14.2. The van der Waals surface area contributed by atoms with Gasteiger partial charge in [-0.25, -0.2) is 0 Å². The van der Waals surface area contributed by atoms with Gasteiger partial charge in [-0.15, -0.1) is 0 Å². The lowest BCUT2D eigenvalue weighted by Gasteiger charge is -2.38. The molecule has 20 heavy (non-hydrogen) atoms. The molecule has 3 rings (SSSR count). The van der Waals surface area contributed by atoms with E-state index in [1.165, 1.54) is 43.2 Å². The normalized spacial score (nSPS) is 36.9. The van der Waals surface area contributed by atoms with Crippen molar-refractivity contribution in [2.45, 2.75) is 65.7 Å². The van der Waals surface area contributed by atoms with Crippen LogP contribution in [0.5, 0.6) is 0 Å². The highest BCUT2D eigenvalue weighted by Gasteiger charge is 2.42. The van der Waals surface area contributed by atoms with Crippen molar-refractivity contribution >= 4 is 0 Å². The minimum Gasteiger partial charge on any atom is -0.0651 e. The maximum Gasteiger partial charge on any atom is -0.0128 e. The maximum atomic E-state index is 2.48. The van der Waals surface area contributed by atoms with Crippen molar-refractivity contribution in [3.63, 3.8) is 0 Å². The molecular weight excluding hydrogens is 240 g/mol. The lowest BCUT2D eigenvalue weighted by Crippen LogP contribution is -2.27. The van der Waals surface area contributed by atoms with E-state index in [4.69, 9.17) is 0 Å². The van der Waals surface area contributed by atoms with Crippen molar-refractivity contribution < 1.29 is 0 Å². The van der Waals surface area contributed by atoms with Crippen LogP contribution < -0.4 is 0 Å². The van der Waals surface area contributed by atoms with Crippen LogP contribution in [0.1, 0.15) is 68.6 Å². The van der Waals surface area contributed by atoms with E-state index in [2.05, 4.69) is 45.9 Å². The second kappa shape index (κ2) is 5.54. The predicted molar refractivity (Wildman–Crippen MR) is 87.1 cm³/mol. The summed E-state index contributed by atoms with van der Waals surface area (Å²) in [6.45, 7) is 9.37. The molecule has 0 heterocycles. The van der Waals surface area contributed by atoms with Gasteiger partial charge >= 0.3 is 0 Å². The summed E-state index contributed by atoms with van der Waals surface area (Å²) in [6.07, 6.45) is 7.29. The van der Waals surface area contributed by atoms with Crippen molar-refractivity contribution in [3.8, 4) is 0 Å². The van der Waals surface area contributed by atoms with Crippen LogP contribution in [0.15, 0.2) is 18.2 Å². The van der Waals surface area contributed by atoms with Crippen LogP contribution in [0.4, 0.5) is 0 Å². The third-order valence-electron chi connectivity index (χ3n) is 5.97. The molecule has 0 amide bonds. The Morgan fingerprint density at radius 2 is 1.65 bits per heavy atom. The lowest BCUT2D eigenvalue weighted by molar-refractivity contribution is 0.187. The molecule has 2 aliphatic carbocycles. The zero-order valence-corrected chi connectivity index (χ0v) is 13.7. The summed E-state index contributed by atoms with van der Waals surface area (Å²) in [6, 6.07) is 7.24. The molecule has 1 aromatic carbocycles. The van der Waals surface area contributed by atoms with Crippen LogP contribution >= 0.6 is 0 Å². The molecule has 2 fully saturated rings. The summed E-state index contributed by atoms with van der Waals surface area (Å²) in [5, 5.41) is 0. The monoisotopic (exact) mass is 270 g/mol. The fourth-order valence-corrected chi connectivity index (χ4v) is 5.20. The molecule has 0 spiro atoms. The van der Waals surface area contributed by atoms with Gasteiger partial charge in [0.2, 0.25) is 0 Å². The van der Waals surface area contributed by atoms with Gasteiger partial charge in [0.05, 0.1) is 0 Å². The van der Waals surface area contributed by atoms with Crippen molar-refractivity contribution in [2.75, 3.05) is 0 Å². The Morgan fingerprint density at radius 1 is 0.950 bits per heavy atom. The van der Waals surface area contributed by atoms with E-state index < -0.39 is 0 Å². The van der Waals surface area contributed by atoms with Gasteiger partial charge in [-0.1, -0.05) is 49.6 Å². The molecule has 5 unspecified atom stereocenters. The largest absolute Gasteiger partial charge is 0.0651 e. The molecule has 0 N–H and O–H groups in total. The number of rotatable bonds is 2. The second-order valence-corrected chi connectivity index (χ2v) is 7.77. The smallest absolute Gasteiger partial charge is 0.0128 e. The fourth-order valence-electron chi connectivity index (χ4n) is 5.20. The summed E-state index contributed by atoms with van der Waals surface area (Å²) < 4.78 is 0. The highest BCUT2D eigenvalue weighted by Crippen LogP contribution is 2.53.